The van der Waals surface area contributed by atoms with E-state index in [9.17, 15) is 13.2 Å². The van der Waals surface area contributed by atoms with E-state index in [-0.39, 0.29) is 11.5 Å². The molecule has 0 saturated heterocycles. The Labute approximate surface area is 105 Å². The Morgan fingerprint density at radius 2 is 2.11 bits per heavy atom. The summed E-state index contributed by atoms with van der Waals surface area (Å²) in [4.78, 5) is 17.2. The Balaban J connectivity index is 3.19. The van der Waals surface area contributed by atoms with E-state index in [1.165, 1.54) is 6.92 Å². The smallest absolute Gasteiger partial charge is 0.313 e. The number of unbranched alkanes of at least 4 members (excludes halogenated alkanes) is 1. The van der Waals surface area contributed by atoms with Gasteiger partial charge in [-0.1, -0.05) is 13.3 Å². The molecule has 8 heteroatoms. The van der Waals surface area contributed by atoms with E-state index in [2.05, 4.69) is 9.97 Å². The highest BCUT2D eigenvalue weighted by atomic mass is 32.2. The number of imidazole rings is 1. The van der Waals surface area contributed by atoms with Crippen molar-refractivity contribution in [1.82, 2.24) is 9.97 Å². The molecule has 1 aromatic heterocycles. The van der Waals surface area contributed by atoms with Gasteiger partial charge in [-0.2, -0.15) is 8.42 Å². The number of nitrogens with one attached hydrogen (secondary N) is 1. The first kappa shape index (κ1) is 14.7. The van der Waals surface area contributed by atoms with E-state index >= 15 is 0 Å². The molecule has 0 fully saturated rings. The minimum absolute atomic E-state index is 0.0289. The molecule has 0 bridgehead atoms. The van der Waals surface area contributed by atoms with Crippen molar-refractivity contribution in [3.8, 4) is 0 Å². The number of hydrogen-bond acceptors (Lipinski definition) is 4. The van der Waals surface area contributed by atoms with Crippen molar-refractivity contribution in [2.75, 3.05) is 0 Å². The van der Waals surface area contributed by atoms with Crippen molar-refractivity contribution in [2.24, 2.45) is 0 Å². The summed E-state index contributed by atoms with van der Waals surface area (Å²) < 4.78 is 31.3. The molecule has 1 heterocycles. The van der Waals surface area contributed by atoms with Crippen LogP contribution in [0.3, 0.4) is 0 Å². The minimum atomic E-state index is -4.44. The second kappa shape index (κ2) is 5.49. The van der Waals surface area contributed by atoms with E-state index in [1.807, 2.05) is 6.92 Å². The van der Waals surface area contributed by atoms with E-state index in [4.69, 9.17) is 9.66 Å². The molecule has 7 nitrogen and oxygen atoms in total. The largest absolute Gasteiger partial charge is 0.481 e. The molecule has 18 heavy (non-hydrogen) atoms. The quantitative estimate of drug-likeness (QED) is 0.671. The molecule has 0 aromatic carbocycles. The zero-order valence-electron chi connectivity index (χ0n) is 10.2. The maximum absolute atomic E-state index is 11.1. The van der Waals surface area contributed by atoms with Crippen LogP contribution < -0.4 is 0 Å². The van der Waals surface area contributed by atoms with Crippen LogP contribution in [0.5, 0.6) is 0 Å². The fourth-order valence-corrected chi connectivity index (χ4v) is 2.15. The first-order valence-corrected chi connectivity index (χ1v) is 7.00. The summed E-state index contributed by atoms with van der Waals surface area (Å²) in [6, 6.07) is 0. The van der Waals surface area contributed by atoms with Crippen LogP contribution >= 0.6 is 0 Å². The first-order chi connectivity index (χ1) is 8.27. The zero-order chi connectivity index (χ0) is 13.9. The van der Waals surface area contributed by atoms with Gasteiger partial charge in [0.2, 0.25) is 5.03 Å². The predicted octanol–water partition coefficient (Wildman–Crippen LogP) is 1.19. The van der Waals surface area contributed by atoms with Crippen molar-refractivity contribution >= 4 is 16.1 Å². The van der Waals surface area contributed by atoms with Crippen molar-refractivity contribution < 1.29 is 22.9 Å². The predicted molar refractivity (Wildman–Crippen MR) is 63.1 cm³/mol. The first-order valence-electron chi connectivity index (χ1n) is 5.56. The molecule has 0 spiro atoms. The zero-order valence-corrected chi connectivity index (χ0v) is 11.0. The second-order valence-electron chi connectivity index (χ2n) is 4.04. The number of aryl methyl sites for hydroxylation is 1. The van der Waals surface area contributed by atoms with Crippen molar-refractivity contribution in [1.29, 1.82) is 0 Å². The van der Waals surface area contributed by atoms with E-state index < -0.39 is 27.0 Å². The fraction of sp³-hybridized carbons (Fsp3) is 0.600. The average Bonchev–Trinajstić information content (AvgIpc) is 2.68. The Morgan fingerprint density at radius 1 is 1.50 bits per heavy atom. The number of aromatic amines is 1. The molecule has 3 N–H and O–H groups in total. The lowest BCUT2D eigenvalue weighted by Crippen LogP contribution is -2.09. The summed E-state index contributed by atoms with van der Waals surface area (Å²) in [6.07, 6.45) is 1.95. The highest BCUT2D eigenvalue weighted by Crippen LogP contribution is 2.20. The Bertz CT molecular complexity index is 534. The number of nitrogens with zero attached hydrogens (tertiary/aromatic N) is 1. The maximum atomic E-state index is 11.1. The molecule has 1 aromatic rings. The Hall–Kier alpha value is -1.41. The molecule has 0 amide bonds. The number of carbonyl (C=O) groups is 1. The lowest BCUT2D eigenvalue weighted by atomic mass is 10.2. The Kier molecular flexibility index (Phi) is 4.47. The van der Waals surface area contributed by atoms with Gasteiger partial charge in [0.05, 0.1) is 5.69 Å². The number of carboxylic acids is 1. The molecule has 1 rings (SSSR count). The van der Waals surface area contributed by atoms with Crippen molar-refractivity contribution in [3.63, 3.8) is 0 Å². The maximum Gasteiger partial charge on any atom is 0.313 e. The second-order valence-corrected chi connectivity index (χ2v) is 5.38. The molecule has 1 unspecified atom stereocenters. The summed E-state index contributed by atoms with van der Waals surface area (Å²) in [5.74, 6) is -2.05. The van der Waals surface area contributed by atoms with E-state index in [0.29, 0.717) is 12.8 Å². The standard InChI is InChI=1S/C10H16N2O5S/c1-3-4-5-7-9(18(15,16)17)12-8(11-7)6(2)10(13)14/h6H,3-5H2,1-2H3,(H,11,12)(H,13,14)(H,15,16,17). The van der Waals surface area contributed by atoms with Gasteiger partial charge in [-0.25, -0.2) is 4.98 Å². The van der Waals surface area contributed by atoms with Crippen LogP contribution in [0.1, 0.15) is 44.1 Å². The average molecular weight is 276 g/mol. The van der Waals surface area contributed by atoms with Crippen LogP contribution in [0.15, 0.2) is 5.03 Å². The summed E-state index contributed by atoms with van der Waals surface area (Å²) in [5, 5.41) is 8.37. The van der Waals surface area contributed by atoms with Crippen LogP contribution in [0.2, 0.25) is 0 Å². The van der Waals surface area contributed by atoms with Gasteiger partial charge in [0.15, 0.2) is 0 Å². The summed E-state index contributed by atoms with van der Waals surface area (Å²) in [6.45, 7) is 3.32. The van der Waals surface area contributed by atoms with Gasteiger partial charge in [-0.15, -0.1) is 0 Å². The van der Waals surface area contributed by atoms with Crippen molar-refractivity contribution in [3.05, 3.63) is 11.5 Å². The normalized spacial score (nSPS) is 13.5. The number of rotatable bonds is 6. The Morgan fingerprint density at radius 3 is 2.56 bits per heavy atom. The molecule has 0 aliphatic carbocycles. The van der Waals surface area contributed by atoms with Gasteiger partial charge in [-0.05, 0) is 19.8 Å². The number of aliphatic carboxylic acids is 1. The summed E-state index contributed by atoms with van der Waals surface area (Å²) in [7, 11) is -4.44. The number of H-pyrrole nitrogens is 1. The third kappa shape index (κ3) is 3.30. The van der Waals surface area contributed by atoms with Gasteiger partial charge >= 0.3 is 16.1 Å². The monoisotopic (exact) mass is 276 g/mol. The lowest BCUT2D eigenvalue weighted by Gasteiger charge is -2.00. The lowest BCUT2D eigenvalue weighted by molar-refractivity contribution is -0.138. The highest BCUT2D eigenvalue weighted by molar-refractivity contribution is 7.85. The molecular weight excluding hydrogens is 260 g/mol. The van der Waals surface area contributed by atoms with Gasteiger partial charge in [0.25, 0.3) is 0 Å². The van der Waals surface area contributed by atoms with Gasteiger partial charge in [-0.3, -0.25) is 9.35 Å². The highest BCUT2D eigenvalue weighted by Gasteiger charge is 2.25. The van der Waals surface area contributed by atoms with Crippen LogP contribution in [0.25, 0.3) is 0 Å². The molecular formula is C10H16N2O5S. The number of carboxylic acid groups (broad SMARTS) is 1. The van der Waals surface area contributed by atoms with Crippen LogP contribution in [0.4, 0.5) is 0 Å². The number of aromatic nitrogens is 2. The molecule has 1 atom stereocenters. The van der Waals surface area contributed by atoms with Gasteiger partial charge in [0, 0.05) is 0 Å². The third-order valence-electron chi connectivity index (χ3n) is 2.56. The minimum Gasteiger partial charge on any atom is -0.481 e. The molecule has 102 valence electrons. The van der Waals surface area contributed by atoms with Crippen LogP contribution in [-0.4, -0.2) is 34.0 Å². The third-order valence-corrected chi connectivity index (χ3v) is 3.39. The summed E-state index contributed by atoms with van der Waals surface area (Å²) >= 11 is 0. The molecule has 0 aliphatic rings. The molecule has 0 saturated carbocycles. The van der Waals surface area contributed by atoms with Crippen molar-refractivity contribution in [2.45, 2.75) is 44.1 Å². The van der Waals surface area contributed by atoms with Gasteiger partial charge < -0.3 is 10.1 Å². The van der Waals surface area contributed by atoms with E-state index in [1.54, 1.807) is 0 Å². The fourth-order valence-electron chi connectivity index (χ4n) is 1.47. The molecule has 0 radical (unpaired) electrons. The van der Waals surface area contributed by atoms with Crippen LogP contribution in [-0.2, 0) is 21.3 Å². The van der Waals surface area contributed by atoms with Crippen LogP contribution in [0, 0.1) is 0 Å². The molecule has 0 aliphatic heterocycles. The summed E-state index contributed by atoms with van der Waals surface area (Å²) in [5.41, 5.74) is 0.252. The topological polar surface area (TPSA) is 120 Å². The van der Waals surface area contributed by atoms with E-state index in [0.717, 1.165) is 6.42 Å². The van der Waals surface area contributed by atoms with Gasteiger partial charge in [0.1, 0.15) is 11.7 Å². The SMILES string of the molecule is CCCCc1[nH]c(C(C)C(=O)O)nc1S(=O)(=O)O. The number of hydrogen-bond donors (Lipinski definition) is 3.